The molecule has 2 heterocycles. The molecule has 40 heavy (non-hydrogen) atoms. The van der Waals surface area contributed by atoms with Gasteiger partial charge in [0.05, 0.1) is 18.0 Å². The lowest BCUT2D eigenvalue weighted by molar-refractivity contribution is 0.0710. The van der Waals surface area contributed by atoms with Crippen molar-refractivity contribution in [3.8, 4) is 0 Å². The molecule has 0 saturated carbocycles. The molecule has 0 radical (unpaired) electrons. The summed E-state index contributed by atoms with van der Waals surface area (Å²) in [5.74, 6) is -0.169. The van der Waals surface area contributed by atoms with E-state index in [0.717, 1.165) is 22.3 Å². The van der Waals surface area contributed by atoms with Crippen LogP contribution in [0.2, 0.25) is 0 Å². The van der Waals surface area contributed by atoms with Crippen molar-refractivity contribution in [3.05, 3.63) is 137 Å². The lowest BCUT2D eigenvalue weighted by Crippen LogP contribution is -2.33. The average molecular weight is 554 g/mol. The predicted octanol–water partition coefficient (Wildman–Crippen LogP) is 7.67. The highest BCUT2D eigenvalue weighted by atomic mass is 32.2. The molecule has 4 aromatic carbocycles. The number of aryl methyl sites for hydroxylation is 1. The summed E-state index contributed by atoms with van der Waals surface area (Å²) in [5, 5.41) is 0.366. The Labute approximate surface area is 233 Å². The van der Waals surface area contributed by atoms with Gasteiger partial charge in [0.2, 0.25) is 0 Å². The van der Waals surface area contributed by atoms with Gasteiger partial charge in [0.1, 0.15) is 23.2 Å². The van der Waals surface area contributed by atoms with Gasteiger partial charge >= 0.3 is 0 Å². The van der Waals surface area contributed by atoms with Crippen LogP contribution in [0.4, 0.5) is 10.1 Å². The monoisotopic (exact) mass is 553 g/mol. The highest BCUT2D eigenvalue weighted by Gasteiger charge is 2.35. The smallest absolute Gasteiger partial charge is 0.264 e. The van der Waals surface area contributed by atoms with Gasteiger partial charge in [-0.1, -0.05) is 84.4 Å². The molecule has 0 N–H and O–H groups in total. The molecule has 1 aliphatic heterocycles. The Bertz CT molecular complexity index is 1780. The molecule has 0 amide bonds. The van der Waals surface area contributed by atoms with Gasteiger partial charge in [-0.15, -0.1) is 0 Å². The number of furan rings is 1. The van der Waals surface area contributed by atoms with Crippen molar-refractivity contribution >= 4 is 32.3 Å². The topological polar surface area (TPSA) is 59.8 Å². The number of fused-ring (bicyclic) bond motifs is 3. The maximum atomic E-state index is 14.7. The SMILES string of the molecule is Cc1ccc(S(=O)(=O)N2C/C=C(/c3ccccc3)CCO[C@H](c3ccccc3)c3oc4ccc(F)cc4c32)cc1. The number of rotatable bonds is 4. The number of anilines is 1. The van der Waals surface area contributed by atoms with E-state index in [-0.39, 0.29) is 17.1 Å². The number of hydrogen-bond donors (Lipinski definition) is 0. The van der Waals surface area contributed by atoms with E-state index in [2.05, 4.69) is 0 Å². The number of hydrogen-bond acceptors (Lipinski definition) is 4. The number of nitrogens with zero attached hydrogens (tertiary/aromatic N) is 1. The molecule has 1 atom stereocenters. The standard InChI is InChI=1S/C33H28FNO4S/c1-23-12-15-28(16-13-23)40(36,37)35-20-18-25(24-8-4-2-5-9-24)19-21-38-32(26-10-6-3-7-11-26)33-31(35)29-22-27(34)14-17-30(29)39-33/h2-18,22,32H,19-21H2,1H3/b25-18+/t32-/m1/s1. The minimum absolute atomic E-state index is 0.0279. The normalized spacial score (nSPS) is 17.7. The van der Waals surface area contributed by atoms with Crippen LogP contribution in [0.5, 0.6) is 0 Å². The first-order valence-electron chi connectivity index (χ1n) is 13.1. The van der Waals surface area contributed by atoms with E-state index in [4.69, 9.17) is 9.15 Å². The zero-order valence-corrected chi connectivity index (χ0v) is 22.8. The highest BCUT2D eigenvalue weighted by molar-refractivity contribution is 7.92. The molecule has 0 bridgehead atoms. The van der Waals surface area contributed by atoms with Crippen LogP contribution >= 0.6 is 0 Å². The summed E-state index contributed by atoms with van der Waals surface area (Å²) >= 11 is 0. The second-order valence-corrected chi connectivity index (χ2v) is 11.7. The summed E-state index contributed by atoms with van der Waals surface area (Å²) < 4.78 is 57.5. The molecule has 202 valence electrons. The van der Waals surface area contributed by atoms with Crippen LogP contribution in [0.3, 0.4) is 0 Å². The summed E-state index contributed by atoms with van der Waals surface area (Å²) in [4.78, 5) is 0.138. The molecular weight excluding hydrogens is 525 g/mol. The third kappa shape index (κ3) is 4.94. The first-order valence-corrected chi connectivity index (χ1v) is 14.6. The molecule has 6 rings (SSSR count). The van der Waals surface area contributed by atoms with Crippen molar-refractivity contribution in [2.75, 3.05) is 17.5 Å². The Hall–Kier alpha value is -4.20. The van der Waals surface area contributed by atoms with E-state index in [0.29, 0.717) is 29.8 Å². The zero-order valence-electron chi connectivity index (χ0n) is 22.0. The second kappa shape index (κ2) is 10.8. The van der Waals surface area contributed by atoms with Crippen molar-refractivity contribution in [1.29, 1.82) is 0 Å². The van der Waals surface area contributed by atoms with E-state index in [1.165, 1.54) is 22.5 Å². The first-order chi connectivity index (χ1) is 19.4. The van der Waals surface area contributed by atoms with Crippen LogP contribution in [-0.2, 0) is 14.8 Å². The van der Waals surface area contributed by atoms with Gasteiger partial charge in [0, 0.05) is 5.39 Å². The van der Waals surface area contributed by atoms with E-state index in [1.54, 1.807) is 24.3 Å². The van der Waals surface area contributed by atoms with E-state index >= 15 is 0 Å². The molecule has 5 aromatic rings. The second-order valence-electron chi connectivity index (χ2n) is 9.81. The van der Waals surface area contributed by atoms with Crippen LogP contribution in [0.1, 0.15) is 35.0 Å². The Morgan fingerprint density at radius 1 is 0.875 bits per heavy atom. The molecule has 1 aromatic heterocycles. The Morgan fingerprint density at radius 2 is 1.57 bits per heavy atom. The minimum atomic E-state index is -4.09. The van der Waals surface area contributed by atoms with Gasteiger partial charge in [-0.05, 0) is 60.4 Å². The van der Waals surface area contributed by atoms with E-state index in [9.17, 15) is 12.8 Å². The van der Waals surface area contributed by atoms with Gasteiger partial charge in [-0.25, -0.2) is 12.8 Å². The van der Waals surface area contributed by atoms with Crippen molar-refractivity contribution in [2.45, 2.75) is 24.3 Å². The van der Waals surface area contributed by atoms with Gasteiger partial charge in [0.25, 0.3) is 10.0 Å². The molecule has 5 nitrogen and oxygen atoms in total. The average Bonchev–Trinajstić information content (AvgIpc) is 3.33. The molecule has 0 aliphatic carbocycles. The van der Waals surface area contributed by atoms with Gasteiger partial charge < -0.3 is 9.15 Å². The Morgan fingerprint density at radius 3 is 2.30 bits per heavy atom. The van der Waals surface area contributed by atoms with Crippen LogP contribution in [0, 0.1) is 12.7 Å². The van der Waals surface area contributed by atoms with Crippen molar-refractivity contribution < 1.29 is 22.0 Å². The zero-order chi connectivity index (χ0) is 27.7. The third-order valence-corrected chi connectivity index (χ3v) is 8.93. The fourth-order valence-electron chi connectivity index (χ4n) is 5.11. The number of ether oxygens (including phenoxy) is 1. The highest BCUT2D eigenvalue weighted by Crippen LogP contribution is 2.44. The fourth-order valence-corrected chi connectivity index (χ4v) is 6.54. The van der Waals surface area contributed by atoms with E-state index in [1.807, 2.05) is 73.7 Å². The lowest BCUT2D eigenvalue weighted by atomic mass is 10.0. The summed E-state index contributed by atoms with van der Waals surface area (Å²) in [7, 11) is -4.09. The van der Waals surface area contributed by atoms with Gasteiger partial charge in [-0.3, -0.25) is 4.31 Å². The maximum absolute atomic E-state index is 14.7. The fraction of sp³-hybridized carbons (Fsp3) is 0.152. The van der Waals surface area contributed by atoms with Crippen LogP contribution in [0.15, 0.2) is 119 Å². The summed E-state index contributed by atoms with van der Waals surface area (Å²) in [6.45, 7) is 2.30. The van der Waals surface area contributed by atoms with E-state index < -0.39 is 21.9 Å². The third-order valence-electron chi connectivity index (χ3n) is 7.15. The Balaban J connectivity index is 1.62. The molecule has 7 heteroatoms. The molecular formula is C33H28FNO4S. The summed E-state index contributed by atoms with van der Waals surface area (Å²) in [5.41, 5.74) is 4.35. The number of halogens is 1. The van der Waals surface area contributed by atoms with Crippen molar-refractivity contribution in [1.82, 2.24) is 0 Å². The lowest BCUT2D eigenvalue weighted by Gasteiger charge is -2.28. The number of benzene rings is 4. The molecule has 0 saturated heterocycles. The molecule has 0 unspecified atom stereocenters. The Kier molecular flexibility index (Phi) is 7.00. The quantitative estimate of drug-likeness (QED) is 0.229. The molecule has 0 spiro atoms. The summed E-state index contributed by atoms with van der Waals surface area (Å²) in [6, 6.07) is 30.3. The van der Waals surface area contributed by atoms with Crippen LogP contribution in [-0.4, -0.2) is 21.6 Å². The van der Waals surface area contributed by atoms with Gasteiger partial charge in [-0.2, -0.15) is 0 Å². The molecule has 0 fully saturated rings. The number of sulfonamides is 1. The van der Waals surface area contributed by atoms with Crippen molar-refractivity contribution in [3.63, 3.8) is 0 Å². The van der Waals surface area contributed by atoms with Gasteiger partial charge in [0.15, 0.2) is 5.76 Å². The minimum Gasteiger partial charge on any atom is -0.456 e. The largest absolute Gasteiger partial charge is 0.456 e. The first kappa shape index (κ1) is 26.0. The summed E-state index contributed by atoms with van der Waals surface area (Å²) in [6.07, 6.45) is 1.77. The molecule has 1 aliphatic rings. The van der Waals surface area contributed by atoms with Crippen molar-refractivity contribution in [2.24, 2.45) is 0 Å². The maximum Gasteiger partial charge on any atom is 0.264 e. The van der Waals surface area contributed by atoms with Crippen LogP contribution in [0.25, 0.3) is 16.5 Å². The predicted molar refractivity (Wildman–Crippen MR) is 155 cm³/mol. The van der Waals surface area contributed by atoms with Crippen LogP contribution < -0.4 is 4.31 Å².